The highest BCUT2D eigenvalue weighted by Crippen LogP contribution is 2.36. The first kappa shape index (κ1) is 15.4. The molecule has 0 bridgehead atoms. The molecule has 1 fully saturated rings. The van der Waals surface area contributed by atoms with Gasteiger partial charge in [-0.05, 0) is 50.5 Å². The van der Waals surface area contributed by atoms with E-state index in [9.17, 15) is 0 Å². The number of hydrogen-bond acceptors (Lipinski definition) is 2. The number of nitrogens with zero attached hydrogens (tertiary/aromatic N) is 3. The number of fused-ring (bicyclic) bond motifs is 1. The highest BCUT2D eigenvalue weighted by atomic mass is 15.3. The lowest BCUT2D eigenvalue weighted by atomic mass is 9.94. The first-order chi connectivity index (χ1) is 10.6. The van der Waals surface area contributed by atoms with Crippen LogP contribution in [0.3, 0.4) is 0 Å². The molecule has 1 heterocycles. The summed E-state index contributed by atoms with van der Waals surface area (Å²) in [6, 6.07) is 0.873. The molecule has 22 heavy (non-hydrogen) atoms. The average molecular weight is 303 g/mol. The molecule has 1 saturated carbocycles. The summed E-state index contributed by atoms with van der Waals surface area (Å²) in [5.74, 6) is 2.65. The van der Waals surface area contributed by atoms with Crippen LogP contribution in [0.25, 0.3) is 0 Å². The summed E-state index contributed by atoms with van der Waals surface area (Å²) in [5.41, 5.74) is 2.67. The maximum Gasteiger partial charge on any atom is 0.191 e. The van der Waals surface area contributed by atoms with Crippen LogP contribution in [0.4, 0.5) is 0 Å². The Bertz CT molecular complexity index is 545. The summed E-state index contributed by atoms with van der Waals surface area (Å²) in [7, 11) is 1.85. The molecule has 5 nitrogen and oxygen atoms in total. The zero-order chi connectivity index (χ0) is 15.7. The predicted molar refractivity (Wildman–Crippen MR) is 90.2 cm³/mol. The minimum absolute atomic E-state index is 0.436. The van der Waals surface area contributed by atoms with E-state index in [1.165, 1.54) is 17.7 Å². The minimum Gasteiger partial charge on any atom is -0.356 e. The van der Waals surface area contributed by atoms with Crippen molar-refractivity contribution >= 4 is 5.96 Å². The van der Waals surface area contributed by atoms with E-state index >= 15 is 0 Å². The predicted octanol–water partition coefficient (Wildman–Crippen LogP) is 2.14. The van der Waals surface area contributed by atoms with Gasteiger partial charge in [0.1, 0.15) is 0 Å². The molecule has 0 aliphatic heterocycles. The monoisotopic (exact) mass is 303 g/mol. The molecule has 1 aromatic heterocycles. The Balaban J connectivity index is 1.54. The van der Waals surface area contributed by atoms with Gasteiger partial charge in [0.15, 0.2) is 5.96 Å². The summed E-state index contributed by atoms with van der Waals surface area (Å²) in [6.07, 6.45) is 6.82. The third-order valence-electron chi connectivity index (χ3n) is 5.00. The second kappa shape index (κ2) is 6.31. The van der Waals surface area contributed by atoms with Gasteiger partial charge in [0.2, 0.25) is 0 Å². The lowest BCUT2D eigenvalue weighted by Crippen LogP contribution is -2.46. The van der Waals surface area contributed by atoms with Crippen LogP contribution in [-0.2, 0) is 12.8 Å². The first-order valence-electron chi connectivity index (χ1n) is 8.61. The highest BCUT2D eigenvalue weighted by molar-refractivity contribution is 5.80. The van der Waals surface area contributed by atoms with Crippen LogP contribution in [0.1, 0.15) is 50.9 Å². The molecule has 1 aromatic rings. The third kappa shape index (κ3) is 3.45. The lowest BCUT2D eigenvalue weighted by molar-refractivity contribution is 0.498. The van der Waals surface area contributed by atoms with Crippen molar-refractivity contribution in [2.24, 2.45) is 16.8 Å². The van der Waals surface area contributed by atoms with Crippen LogP contribution < -0.4 is 10.6 Å². The fourth-order valence-corrected chi connectivity index (χ4v) is 3.20. The van der Waals surface area contributed by atoms with E-state index in [-0.39, 0.29) is 0 Å². The van der Waals surface area contributed by atoms with Crippen molar-refractivity contribution in [1.29, 1.82) is 0 Å². The fraction of sp³-hybridized carbons (Fsp3) is 0.765. The van der Waals surface area contributed by atoms with Gasteiger partial charge in [0.05, 0.1) is 5.69 Å². The molecular weight excluding hydrogens is 274 g/mol. The molecule has 0 amide bonds. The Morgan fingerprint density at radius 2 is 2.27 bits per heavy atom. The van der Waals surface area contributed by atoms with Crippen molar-refractivity contribution in [3.8, 4) is 0 Å². The van der Waals surface area contributed by atoms with Gasteiger partial charge in [-0.1, -0.05) is 6.92 Å². The first-order valence-corrected chi connectivity index (χ1v) is 8.61. The topological polar surface area (TPSA) is 54.2 Å². The van der Waals surface area contributed by atoms with Gasteiger partial charge < -0.3 is 10.6 Å². The minimum atomic E-state index is 0.436. The highest BCUT2D eigenvalue weighted by Gasteiger charge is 2.32. The standard InChI is InChI=1S/C17H29N5/c1-11(2)22-10-13-5-6-15(8-16(13)21-22)20-17(18-4)19-9-14-7-12(14)3/h10-12,14-15H,5-9H2,1-4H3,(H2,18,19,20). The molecule has 0 saturated heterocycles. The number of aromatic nitrogens is 2. The van der Waals surface area contributed by atoms with Crippen molar-refractivity contribution in [1.82, 2.24) is 20.4 Å². The Morgan fingerprint density at radius 3 is 2.91 bits per heavy atom. The third-order valence-corrected chi connectivity index (χ3v) is 5.00. The number of hydrogen-bond donors (Lipinski definition) is 2. The van der Waals surface area contributed by atoms with Crippen LogP contribution >= 0.6 is 0 Å². The van der Waals surface area contributed by atoms with Gasteiger partial charge in [0, 0.05) is 38.3 Å². The van der Waals surface area contributed by atoms with E-state index in [1.807, 2.05) is 7.05 Å². The zero-order valence-electron chi connectivity index (χ0n) is 14.3. The molecule has 0 aromatic carbocycles. The summed E-state index contributed by atoms with van der Waals surface area (Å²) in [6.45, 7) is 7.72. The molecule has 2 N–H and O–H groups in total. The molecule has 3 atom stereocenters. The van der Waals surface area contributed by atoms with E-state index in [0.717, 1.165) is 43.6 Å². The lowest BCUT2D eigenvalue weighted by Gasteiger charge is -2.24. The summed E-state index contributed by atoms with van der Waals surface area (Å²) in [5, 5.41) is 11.8. The number of nitrogens with one attached hydrogen (secondary N) is 2. The van der Waals surface area contributed by atoms with E-state index < -0.39 is 0 Å². The molecule has 3 unspecified atom stereocenters. The summed E-state index contributed by atoms with van der Waals surface area (Å²) < 4.78 is 2.09. The molecule has 2 aliphatic rings. The molecular formula is C17H29N5. The van der Waals surface area contributed by atoms with E-state index in [4.69, 9.17) is 5.10 Å². The van der Waals surface area contributed by atoms with Crippen molar-refractivity contribution in [2.75, 3.05) is 13.6 Å². The second-order valence-corrected chi connectivity index (χ2v) is 7.19. The van der Waals surface area contributed by atoms with E-state index in [2.05, 4.69) is 47.3 Å². The molecule has 5 heteroatoms. The van der Waals surface area contributed by atoms with Crippen LogP contribution in [0.2, 0.25) is 0 Å². The number of rotatable bonds is 4. The van der Waals surface area contributed by atoms with E-state index in [0.29, 0.717) is 12.1 Å². The fourth-order valence-electron chi connectivity index (χ4n) is 3.20. The van der Waals surface area contributed by atoms with Gasteiger partial charge in [0.25, 0.3) is 0 Å². The van der Waals surface area contributed by atoms with Gasteiger partial charge in [-0.2, -0.15) is 5.10 Å². The van der Waals surface area contributed by atoms with E-state index in [1.54, 1.807) is 0 Å². The Labute approximate surface area is 133 Å². The SMILES string of the molecule is CN=C(NCC1CC1C)NC1CCc2cn(C(C)C)nc2C1. The smallest absolute Gasteiger partial charge is 0.191 e. The Hall–Kier alpha value is -1.52. The van der Waals surface area contributed by atoms with Crippen molar-refractivity contribution < 1.29 is 0 Å². The normalized spacial score (nSPS) is 27.7. The number of guanidine groups is 1. The summed E-state index contributed by atoms with van der Waals surface area (Å²) >= 11 is 0. The Kier molecular flexibility index (Phi) is 4.41. The molecule has 0 spiro atoms. The van der Waals surface area contributed by atoms with Crippen LogP contribution in [0.5, 0.6) is 0 Å². The number of aliphatic imine (C=N–C) groups is 1. The van der Waals surface area contributed by atoms with Gasteiger partial charge in [-0.3, -0.25) is 9.67 Å². The van der Waals surface area contributed by atoms with Gasteiger partial charge in [-0.25, -0.2) is 0 Å². The van der Waals surface area contributed by atoms with Crippen molar-refractivity contribution in [3.63, 3.8) is 0 Å². The number of aryl methyl sites for hydroxylation is 1. The quantitative estimate of drug-likeness (QED) is 0.662. The average Bonchev–Trinajstić information content (AvgIpc) is 3.03. The molecule has 122 valence electrons. The maximum atomic E-state index is 4.74. The Morgan fingerprint density at radius 1 is 1.50 bits per heavy atom. The van der Waals surface area contributed by atoms with Gasteiger partial charge >= 0.3 is 0 Å². The van der Waals surface area contributed by atoms with Crippen molar-refractivity contribution in [2.45, 2.75) is 58.5 Å². The van der Waals surface area contributed by atoms with Crippen molar-refractivity contribution in [3.05, 3.63) is 17.5 Å². The molecule has 2 aliphatic carbocycles. The molecule has 0 radical (unpaired) electrons. The summed E-state index contributed by atoms with van der Waals surface area (Å²) in [4.78, 5) is 4.37. The second-order valence-electron chi connectivity index (χ2n) is 7.19. The molecule has 3 rings (SSSR count). The van der Waals surface area contributed by atoms with Crippen LogP contribution in [0, 0.1) is 11.8 Å². The zero-order valence-corrected chi connectivity index (χ0v) is 14.3. The van der Waals surface area contributed by atoms with Crippen LogP contribution in [0.15, 0.2) is 11.2 Å². The van der Waals surface area contributed by atoms with Gasteiger partial charge in [-0.15, -0.1) is 0 Å². The van der Waals surface area contributed by atoms with Crippen LogP contribution in [-0.4, -0.2) is 35.4 Å². The largest absolute Gasteiger partial charge is 0.356 e. The maximum absolute atomic E-state index is 4.74.